The number of rotatable bonds is 50. The van der Waals surface area contributed by atoms with Crippen molar-refractivity contribution >= 4 is 126 Å². The maximum atomic E-state index is 12.7. The molecule has 0 atom stereocenters. The van der Waals surface area contributed by atoms with Crippen LogP contribution in [0.3, 0.4) is 0 Å². The van der Waals surface area contributed by atoms with Crippen LogP contribution in [-0.2, 0) is 0 Å². The van der Waals surface area contributed by atoms with Crippen LogP contribution < -0.4 is 42.0 Å². The highest BCUT2D eigenvalue weighted by Gasteiger charge is 2.38. The molecule has 0 aliphatic heterocycles. The second kappa shape index (κ2) is 47.6. The molecule has 0 aliphatic carbocycles. The van der Waals surface area contributed by atoms with Gasteiger partial charge in [0.1, 0.15) is 28.8 Å². The lowest BCUT2D eigenvalue weighted by Crippen LogP contribution is -2.54. The summed E-state index contributed by atoms with van der Waals surface area (Å²) in [6.07, 6.45) is 50.4. The van der Waals surface area contributed by atoms with Gasteiger partial charge in [-0.2, -0.15) is 5.26 Å². The molecule has 610 valence electrons. The average Bonchev–Trinajstić information content (AvgIpc) is 1.52. The van der Waals surface area contributed by atoms with Gasteiger partial charge in [-0.15, -0.1) is 0 Å². The van der Waals surface area contributed by atoms with Crippen LogP contribution in [0.2, 0.25) is 20.1 Å². The van der Waals surface area contributed by atoms with Crippen LogP contribution in [0.1, 0.15) is 256 Å². The van der Waals surface area contributed by atoms with Crippen molar-refractivity contribution in [2.45, 2.75) is 245 Å². The van der Waals surface area contributed by atoms with Crippen LogP contribution in [-0.4, -0.2) is 55.8 Å². The van der Waals surface area contributed by atoms with E-state index in [0.29, 0.717) is 99.6 Å². The molecule has 0 amide bonds. The van der Waals surface area contributed by atoms with Gasteiger partial charge < -0.3 is 18.4 Å². The molecule has 10 nitrogen and oxygen atoms in total. The first-order chi connectivity index (χ1) is 58.2. The van der Waals surface area contributed by atoms with Crippen molar-refractivity contribution in [1.82, 2.24) is 28.9 Å². The van der Waals surface area contributed by atoms with Crippen molar-refractivity contribution in [3.63, 3.8) is 0 Å². The van der Waals surface area contributed by atoms with Crippen molar-refractivity contribution in [3.05, 3.63) is 260 Å². The Morgan fingerprint density at radius 3 is 0.958 bits per heavy atom. The molecule has 0 saturated heterocycles. The maximum Gasteiger partial charge on any atom is 0.328 e. The van der Waals surface area contributed by atoms with E-state index in [1.807, 2.05) is 24.3 Å². The van der Waals surface area contributed by atoms with E-state index in [0.717, 1.165) is 70.2 Å². The highest BCUT2D eigenvalue weighted by atomic mass is 35.5. The zero-order valence-corrected chi connectivity index (χ0v) is 72.6. The smallest absolute Gasteiger partial charge is 0.328 e. The highest BCUT2D eigenvalue weighted by Crippen LogP contribution is 2.39. The van der Waals surface area contributed by atoms with Gasteiger partial charge in [-0.25, -0.2) is 9.83 Å². The standard InChI is InChI=1S/C102H116B2Cl4N8O2/c1-4-6-8-10-12-14-16-18-20-22-24-26-28-30-32-34-36-50-68-117-83-64-60-77(61-65-83)99-96-97(102(98(110-3)95-76-112-91-71-87(106)89(108)73-93(91)114-95)116(99)104(81-56-46-40-47-57-81)82-58-48-41-49-59-82)100(78-62-66-84(67-63-78)118-69-51-37-35-33-31-29-27-25-23-21-19-17-15-13-11-9-7-5-2)115(103(79-52-42-38-43-53-79)80-54-44-39-45-55-80)101(96)85(74-109)94-75-111-90-70-86(105)88(107)72-92(90)113-94/h38-49,52-67,70-73,75-76H,4-37,50-51,68-69H2,1-2H3/b101-85-,102-98+. The summed E-state index contributed by atoms with van der Waals surface area (Å²) in [5, 5.41) is 16.3. The summed E-state index contributed by atoms with van der Waals surface area (Å²) in [4.78, 5) is 25.5. The fraction of sp³-hybridized carbons (Fsp3) is 0.392. The third kappa shape index (κ3) is 24.1. The van der Waals surface area contributed by atoms with E-state index in [2.05, 4.69) is 174 Å². The van der Waals surface area contributed by atoms with Crippen molar-refractivity contribution < 1.29 is 9.47 Å². The van der Waals surface area contributed by atoms with E-state index in [4.69, 9.17) is 80.7 Å². The largest absolute Gasteiger partial charge is 0.494 e. The molecule has 16 heteroatoms. The van der Waals surface area contributed by atoms with E-state index in [-0.39, 0.29) is 11.3 Å². The predicted octanol–water partition coefficient (Wildman–Crippen LogP) is 26.2. The number of nitrogens with zero attached hydrogens (tertiary/aromatic N) is 8. The van der Waals surface area contributed by atoms with Crippen molar-refractivity contribution in [3.8, 4) is 40.1 Å². The van der Waals surface area contributed by atoms with Crippen LogP contribution >= 0.6 is 46.4 Å². The third-order valence-electron chi connectivity index (χ3n) is 23.3. The molecule has 0 unspecified atom stereocenters. The lowest BCUT2D eigenvalue weighted by Gasteiger charge is -2.24. The van der Waals surface area contributed by atoms with E-state index in [9.17, 15) is 11.8 Å². The number of nitriles is 1. The number of hydrogen-bond donors (Lipinski definition) is 0. The van der Waals surface area contributed by atoms with Gasteiger partial charge in [0, 0.05) is 33.7 Å². The Morgan fingerprint density at radius 1 is 0.364 bits per heavy atom. The number of benzene rings is 8. The SMILES string of the molecule is [C-]#[N+]/C(c1cnc2cc(Cl)c(Cl)cc2n1)=c1\c2c(-c3ccc(OCCCCCCCCCCCCCCCCCCCC)cc3)n(B(c3ccccc3)c3ccccc3)/c(=C(/C#N)c3cnc4cc(Cl)c(Cl)cc4n3)c2c(-c2ccc(OCCCCCCCCCCCCCCCCCCCC)cc2)n1B(c1ccccc1)c1ccccc1. The second-order valence-electron chi connectivity index (χ2n) is 32.1. The Morgan fingerprint density at radius 2 is 0.644 bits per heavy atom. The third-order valence-corrected chi connectivity index (χ3v) is 24.7. The maximum absolute atomic E-state index is 12.7. The normalized spacial score (nSPS) is 12.0. The number of fused-ring (bicyclic) bond motifs is 3. The number of unbranched alkanes of at least 4 members (excludes halogenated alkanes) is 34. The Hall–Kier alpha value is -9.13. The molecule has 0 N–H and O–H groups in total. The minimum atomic E-state index is -0.641. The second-order valence-corrected chi connectivity index (χ2v) is 33.7. The van der Waals surface area contributed by atoms with Gasteiger partial charge in [0.2, 0.25) is 5.70 Å². The predicted molar refractivity (Wildman–Crippen MR) is 502 cm³/mol. The molecule has 0 bridgehead atoms. The first kappa shape index (κ1) is 88.2. The minimum absolute atomic E-state index is 0.193. The van der Waals surface area contributed by atoms with Gasteiger partial charge in [-0.1, -0.05) is 422 Å². The number of ether oxygens (including phenoxy) is 2. The Labute approximate surface area is 722 Å². The van der Waals surface area contributed by atoms with E-state index >= 15 is 0 Å². The summed E-state index contributed by atoms with van der Waals surface area (Å²) < 4.78 is 18.0. The molecule has 4 aromatic heterocycles. The van der Waals surface area contributed by atoms with Gasteiger partial charge in [-0.05, 0) is 96.8 Å². The van der Waals surface area contributed by atoms with Gasteiger partial charge >= 0.3 is 13.7 Å². The molecule has 0 radical (unpaired) electrons. The van der Waals surface area contributed by atoms with E-state index in [1.54, 1.807) is 36.7 Å². The summed E-state index contributed by atoms with van der Waals surface area (Å²) in [5.74, 6) is 1.46. The molecule has 8 aromatic carbocycles. The topological polar surface area (TPSA) is 108 Å². The lowest BCUT2D eigenvalue weighted by atomic mass is 9.50. The van der Waals surface area contributed by atoms with Gasteiger partial charge in [0.15, 0.2) is 0 Å². The first-order valence-electron chi connectivity index (χ1n) is 44.4. The molecule has 0 aliphatic rings. The Balaban J connectivity index is 0.985. The molecular weight excluding hydrogens is 1530 g/mol. The summed E-state index contributed by atoms with van der Waals surface area (Å²) in [6, 6.07) is 68.0. The first-order valence-corrected chi connectivity index (χ1v) is 45.9. The number of aromatic nitrogens is 6. The molecule has 12 rings (SSSR count). The van der Waals surface area contributed by atoms with Crippen LogP contribution in [0.25, 0.3) is 71.5 Å². The summed E-state index contributed by atoms with van der Waals surface area (Å²) in [7, 11) is 0. The van der Waals surface area contributed by atoms with Crippen molar-refractivity contribution in [2.24, 2.45) is 0 Å². The molecule has 0 spiro atoms. The fourth-order valence-electron chi connectivity index (χ4n) is 17.0. The number of hydrogen-bond acceptors (Lipinski definition) is 7. The van der Waals surface area contributed by atoms with E-state index in [1.165, 1.54) is 205 Å². The highest BCUT2D eigenvalue weighted by molar-refractivity contribution is 6.85. The van der Waals surface area contributed by atoms with Crippen LogP contribution in [0.4, 0.5) is 0 Å². The number of halogens is 4. The molecule has 12 aromatic rings. The monoisotopic (exact) mass is 1650 g/mol. The Kier molecular flexibility index (Phi) is 35.6. The van der Waals surface area contributed by atoms with Crippen molar-refractivity contribution in [2.75, 3.05) is 13.2 Å². The fourth-order valence-corrected chi connectivity index (χ4v) is 17.6. The molecule has 4 heterocycles. The summed E-state index contributed by atoms with van der Waals surface area (Å²) >= 11 is 27.2. The quantitative estimate of drug-likeness (QED) is 0.0212. The molecular formula is C102H116B2Cl4N8O2. The van der Waals surface area contributed by atoms with Gasteiger partial charge in [0.25, 0.3) is 0 Å². The van der Waals surface area contributed by atoms with Crippen LogP contribution in [0, 0.1) is 17.9 Å². The molecule has 0 saturated carbocycles. The minimum Gasteiger partial charge on any atom is -0.494 e. The zero-order chi connectivity index (χ0) is 81.9. The van der Waals surface area contributed by atoms with Crippen molar-refractivity contribution in [1.29, 1.82) is 5.26 Å². The molecule has 0 fully saturated rings. The van der Waals surface area contributed by atoms with Crippen LogP contribution in [0.5, 0.6) is 11.5 Å². The summed E-state index contributed by atoms with van der Waals surface area (Å²) in [6.45, 7) is 14.3. The van der Waals surface area contributed by atoms with E-state index < -0.39 is 13.7 Å². The molecule has 118 heavy (non-hydrogen) atoms. The average molecular weight is 1650 g/mol. The lowest BCUT2D eigenvalue weighted by molar-refractivity contribution is 0.304. The zero-order valence-electron chi connectivity index (χ0n) is 69.6. The van der Waals surface area contributed by atoms with Crippen LogP contribution in [0.15, 0.2) is 207 Å². The van der Waals surface area contributed by atoms with Gasteiger partial charge in [0.05, 0.1) is 79.2 Å². The Bertz CT molecular complexity index is 4910. The van der Waals surface area contributed by atoms with Gasteiger partial charge in [-0.3, -0.25) is 15.0 Å². The summed E-state index contributed by atoms with van der Waals surface area (Å²) in [5.41, 5.74) is 9.65.